The molecule has 1 aromatic heterocycles. The maximum Gasteiger partial charge on any atom is 0.0587 e. The first kappa shape index (κ1) is 16.5. The van der Waals surface area contributed by atoms with Gasteiger partial charge < -0.3 is 15.0 Å². The van der Waals surface area contributed by atoms with Crippen LogP contribution >= 0.6 is 27.3 Å². The van der Waals surface area contributed by atoms with Crippen molar-refractivity contribution in [3.63, 3.8) is 0 Å². The van der Waals surface area contributed by atoms with Crippen molar-refractivity contribution in [2.75, 3.05) is 32.2 Å². The minimum Gasteiger partial charge on any atom is -0.383 e. The molecular weight excluding hydrogens is 348 g/mol. The second-order valence-corrected chi connectivity index (χ2v) is 6.80. The van der Waals surface area contributed by atoms with Crippen LogP contribution < -0.4 is 10.2 Å². The monoisotopic (exact) mass is 368 g/mol. The van der Waals surface area contributed by atoms with Crippen LogP contribution in [0.15, 0.2) is 40.2 Å². The number of thiophene rings is 1. The van der Waals surface area contributed by atoms with E-state index in [1.54, 1.807) is 18.4 Å². The first-order chi connectivity index (χ1) is 10.2. The van der Waals surface area contributed by atoms with Crippen LogP contribution in [-0.4, -0.2) is 27.3 Å². The molecule has 0 unspecified atom stereocenters. The predicted molar refractivity (Wildman–Crippen MR) is 94.2 cm³/mol. The van der Waals surface area contributed by atoms with Crippen LogP contribution in [0.2, 0.25) is 0 Å². The van der Waals surface area contributed by atoms with Gasteiger partial charge >= 0.3 is 0 Å². The highest BCUT2D eigenvalue weighted by molar-refractivity contribution is 9.10. The zero-order chi connectivity index (χ0) is 15.1. The highest BCUT2D eigenvalue weighted by atomic mass is 79.9. The van der Waals surface area contributed by atoms with Gasteiger partial charge in [-0.15, -0.1) is 11.3 Å². The predicted octanol–water partition coefficient (Wildman–Crippen LogP) is 3.88. The quantitative estimate of drug-likeness (QED) is 0.715. The summed E-state index contributed by atoms with van der Waals surface area (Å²) >= 11 is 5.29. The van der Waals surface area contributed by atoms with Crippen LogP contribution in [0.25, 0.3) is 0 Å². The molecule has 0 spiro atoms. The average molecular weight is 369 g/mol. The van der Waals surface area contributed by atoms with Gasteiger partial charge in [0.15, 0.2) is 0 Å². The minimum atomic E-state index is 0.737. The van der Waals surface area contributed by atoms with E-state index >= 15 is 0 Å². The molecule has 21 heavy (non-hydrogen) atoms. The van der Waals surface area contributed by atoms with Crippen molar-refractivity contribution in [1.82, 2.24) is 5.32 Å². The zero-order valence-electron chi connectivity index (χ0n) is 12.4. The Bertz CT molecular complexity index is 559. The molecule has 5 heteroatoms. The number of nitrogens with one attached hydrogen (secondary N) is 1. The normalized spacial score (nSPS) is 10.8. The van der Waals surface area contributed by atoms with Crippen LogP contribution in [0.5, 0.6) is 0 Å². The lowest BCUT2D eigenvalue weighted by Crippen LogP contribution is -2.22. The third kappa shape index (κ3) is 5.11. The van der Waals surface area contributed by atoms with E-state index in [1.807, 2.05) is 0 Å². The molecule has 1 heterocycles. The third-order valence-electron chi connectivity index (χ3n) is 3.22. The molecule has 0 aliphatic rings. The SMILES string of the molecule is COCCNCc1ccccc1N(C)Cc1cc(Br)cs1. The number of anilines is 1. The van der Waals surface area contributed by atoms with Crippen molar-refractivity contribution in [2.45, 2.75) is 13.1 Å². The maximum absolute atomic E-state index is 5.06. The van der Waals surface area contributed by atoms with Gasteiger partial charge in [-0.05, 0) is 33.6 Å². The number of nitrogens with zero attached hydrogens (tertiary/aromatic N) is 1. The Morgan fingerprint density at radius 2 is 2.14 bits per heavy atom. The van der Waals surface area contributed by atoms with Crippen LogP contribution in [0.1, 0.15) is 10.4 Å². The van der Waals surface area contributed by atoms with Gasteiger partial charge in [0.05, 0.1) is 13.2 Å². The highest BCUT2D eigenvalue weighted by Crippen LogP contribution is 2.25. The van der Waals surface area contributed by atoms with Gasteiger partial charge in [-0.1, -0.05) is 18.2 Å². The van der Waals surface area contributed by atoms with E-state index in [-0.39, 0.29) is 0 Å². The molecule has 0 atom stereocenters. The largest absolute Gasteiger partial charge is 0.383 e. The van der Waals surface area contributed by atoms with Gasteiger partial charge in [-0.3, -0.25) is 0 Å². The minimum absolute atomic E-state index is 0.737. The lowest BCUT2D eigenvalue weighted by Gasteiger charge is -2.22. The Balaban J connectivity index is 2.00. The summed E-state index contributed by atoms with van der Waals surface area (Å²) in [5, 5.41) is 5.54. The number of rotatable bonds is 8. The molecule has 114 valence electrons. The first-order valence-electron chi connectivity index (χ1n) is 6.92. The topological polar surface area (TPSA) is 24.5 Å². The van der Waals surface area contributed by atoms with Gasteiger partial charge in [0.2, 0.25) is 0 Å². The van der Waals surface area contributed by atoms with E-state index in [0.29, 0.717) is 0 Å². The number of benzene rings is 1. The number of ether oxygens (including phenoxy) is 1. The van der Waals surface area contributed by atoms with Crippen molar-refractivity contribution < 1.29 is 4.74 Å². The molecule has 2 rings (SSSR count). The summed E-state index contributed by atoms with van der Waals surface area (Å²) in [5.74, 6) is 0. The van der Waals surface area contributed by atoms with E-state index in [4.69, 9.17) is 4.74 Å². The van der Waals surface area contributed by atoms with E-state index in [1.165, 1.54) is 16.1 Å². The molecule has 0 amide bonds. The standard InChI is InChI=1S/C16H21BrN2OS/c1-19(11-15-9-14(17)12-21-15)16-6-4-3-5-13(16)10-18-7-8-20-2/h3-6,9,12,18H,7-8,10-11H2,1-2H3. The van der Waals surface area contributed by atoms with Gasteiger partial charge in [-0.2, -0.15) is 0 Å². The Morgan fingerprint density at radius 1 is 1.33 bits per heavy atom. The smallest absolute Gasteiger partial charge is 0.0587 e. The van der Waals surface area contributed by atoms with E-state index in [0.717, 1.165) is 30.7 Å². The Morgan fingerprint density at radius 3 is 2.86 bits per heavy atom. The van der Waals surface area contributed by atoms with Crippen LogP contribution in [-0.2, 0) is 17.8 Å². The Hall–Kier alpha value is -0.880. The molecule has 0 saturated carbocycles. The summed E-state index contributed by atoms with van der Waals surface area (Å²) in [6, 6.07) is 10.7. The molecule has 1 aromatic carbocycles. The van der Waals surface area contributed by atoms with Crippen molar-refractivity contribution >= 4 is 33.0 Å². The third-order valence-corrected chi connectivity index (χ3v) is 4.90. The van der Waals surface area contributed by atoms with Crippen molar-refractivity contribution in [3.8, 4) is 0 Å². The van der Waals surface area contributed by atoms with Crippen LogP contribution in [0.4, 0.5) is 5.69 Å². The summed E-state index contributed by atoms with van der Waals surface area (Å²) in [4.78, 5) is 3.65. The summed E-state index contributed by atoms with van der Waals surface area (Å²) in [7, 11) is 3.87. The lowest BCUT2D eigenvalue weighted by atomic mass is 10.1. The molecule has 2 aromatic rings. The molecular formula is C16H21BrN2OS. The van der Waals surface area contributed by atoms with Crippen molar-refractivity contribution in [3.05, 3.63) is 50.6 Å². The number of para-hydroxylation sites is 1. The molecule has 0 radical (unpaired) electrons. The van der Waals surface area contributed by atoms with Crippen molar-refractivity contribution in [1.29, 1.82) is 0 Å². The summed E-state index contributed by atoms with van der Waals surface area (Å²) < 4.78 is 6.22. The maximum atomic E-state index is 5.06. The average Bonchev–Trinajstić information content (AvgIpc) is 2.89. The van der Waals surface area contributed by atoms with Gasteiger partial charge in [0.1, 0.15) is 0 Å². The summed E-state index contributed by atoms with van der Waals surface area (Å²) in [6.45, 7) is 3.39. The number of methoxy groups -OCH3 is 1. The fourth-order valence-electron chi connectivity index (χ4n) is 2.19. The van der Waals surface area contributed by atoms with Gasteiger partial charge in [0, 0.05) is 47.7 Å². The van der Waals surface area contributed by atoms with Gasteiger partial charge in [0.25, 0.3) is 0 Å². The molecule has 0 aliphatic heterocycles. The Kier molecular flexibility index (Phi) is 6.70. The molecule has 1 N–H and O–H groups in total. The summed E-state index contributed by atoms with van der Waals surface area (Å²) in [6.07, 6.45) is 0. The second kappa shape index (κ2) is 8.54. The Labute approximate surface area is 139 Å². The molecule has 0 bridgehead atoms. The second-order valence-electron chi connectivity index (χ2n) is 4.89. The summed E-state index contributed by atoms with van der Waals surface area (Å²) in [5.41, 5.74) is 2.58. The van der Waals surface area contributed by atoms with Crippen LogP contribution in [0, 0.1) is 0 Å². The number of hydrogen-bond donors (Lipinski definition) is 1. The van der Waals surface area contributed by atoms with E-state index < -0.39 is 0 Å². The van der Waals surface area contributed by atoms with E-state index in [9.17, 15) is 0 Å². The van der Waals surface area contributed by atoms with Crippen molar-refractivity contribution in [2.24, 2.45) is 0 Å². The van der Waals surface area contributed by atoms with E-state index in [2.05, 4.69) is 68.9 Å². The lowest BCUT2D eigenvalue weighted by molar-refractivity contribution is 0.199. The van der Waals surface area contributed by atoms with Gasteiger partial charge in [-0.25, -0.2) is 0 Å². The zero-order valence-corrected chi connectivity index (χ0v) is 14.8. The fraction of sp³-hybridized carbons (Fsp3) is 0.375. The number of halogens is 1. The highest BCUT2D eigenvalue weighted by Gasteiger charge is 2.08. The molecule has 0 fully saturated rings. The first-order valence-corrected chi connectivity index (χ1v) is 8.59. The van der Waals surface area contributed by atoms with Crippen LogP contribution in [0.3, 0.4) is 0 Å². The fourth-order valence-corrected chi connectivity index (χ4v) is 3.69. The molecule has 3 nitrogen and oxygen atoms in total. The molecule has 0 aliphatic carbocycles. The molecule has 0 saturated heterocycles. The number of hydrogen-bond acceptors (Lipinski definition) is 4.